The van der Waals surface area contributed by atoms with Crippen molar-refractivity contribution in [2.45, 2.75) is 31.8 Å². The summed E-state index contributed by atoms with van der Waals surface area (Å²) in [5.74, 6) is -1.39. The molecule has 2 aromatic rings. The summed E-state index contributed by atoms with van der Waals surface area (Å²) in [5, 5.41) is 17.2. The van der Waals surface area contributed by atoms with Crippen LogP contribution in [0, 0.1) is 13.8 Å². The van der Waals surface area contributed by atoms with Crippen molar-refractivity contribution in [1.29, 1.82) is 0 Å². The van der Waals surface area contributed by atoms with Crippen molar-refractivity contribution in [3.05, 3.63) is 46.8 Å². The maximum absolute atomic E-state index is 12.2. The normalized spacial score (nSPS) is 12.5. The van der Waals surface area contributed by atoms with Crippen molar-refractivity contribution in [3.8, 4) is 0 Å². The van der Waals surface area contributed by atoms with Gasteiger partial charge in [0.1, 0.15) is 5.69 Å². The lowest BCUT2D eigenvalue weighted by molar-refractivity contribution is -0.119. The number of carbonyl (C=O) groups excluding carboxylic acids is 2. The lowest BCUT2D eigenvalue weighted by atomic mass is 10.1. The Labute approximate surface area is 156 Å². The first kappa shape index (κ1) is 20.6. The summed E-state index contributed by atoms with van der Waals surface area (Å²) in [6.45, 7) is 4.40. The third-order valence-corrected chi connectivity index (χ3v) is 4.81. The zero-order chi connectivity index (χ0) is 20.4. The highest BCUT2D eigenvalue weighted by Gasteiger charge is 2.21. The number of ether oxygens (including phenoxy) is 1. The number of rotatable bonds is 6. The van der Waals surface area contributed by atoms with E-state index in [9.17, 15) is 23.1 Å². The van der Waals surface area contributed by atoms with Gasteiger partial charge in [-0.05, 0) is 44.5 Å². The van der Waals surface area contributed by atoms with E-state index in [1.54, 1.807) is 20.8 Å². The number of sulfonamides is 1. The average Bonchev–Trinajstić information content (AvgIpc) is 2.87. The number of carbonyl (C=O) groups is 2. The van der Waals surface area contributed by atoms with Gasteiger partial charge >= 0.3 is 5.97 Å². The number of nitrogens with two attached hydrogens (primary N) is 1. The van der Waals surface area contributed by atoms with Gasteiger partial charge in [-0.25, -0.2) is 18.4 Å². The number of aliphatic hydroxyl groups excluding tert-OH is 1. The van der Waals surface area contributed by atoms with Crippen LogP contribution >= 0.6 is 0 Å². The zero-order valence-electron chi connectivity index (χ0n) is 15.1. The van der Waals surface area contributed by atoms with Crippen LogP contribution in [0.3, 0.4) is 0 Å². The number of aromatic amines is 1. The number of anilines is 1. The van der Waals surface area contributed by atoms with Crippen LogP contribution in [0.25, 0.3) is 0 Å². The highest BCUT2D eigenvalue weighted by Crippen LogP contribution is 2.24. The number of amides is 1. The maximum atomic E-state index is 12.2. The number of esters is 1. The maximum Gasteiger partial charge on any atom is 0.355 e. The number of H-pyrrole nitrogens is 1. The van der Waals surface area contributed by atoms with Gasteiger partial charge in [0.2, 0.25) is 10.0 Å². The Hall–Kier alpha value is -2.69. The summed E-state index contributed by atoms with van der Waals surface area (Å²) in [6.07, 6.45) is -0.753. The van der Waals surface area contributed by atoms with Crippen molar-refractivity contribution >= 4 is 27.6 Å². The van der Waals surface area contributed by atoms with Gasteiger partial charge in [-0.2, -0.15) is 0 Å². The Morgan fingerprint density at radius 2 is 2.00 bits per heavy atom. The molecule has 0 fully saturated rings. The molecule has 1 amide bonds. The molecule has 9 nitrogen and oxygen atoms in total. The molecule has 0 saturated heterocycles. The topological polar surface area (TPSA) is 152 Å². The fraction of sp³-hybridized carbons (Fsp3) is 0.294. The molecule has 0 saturated carbocycles. The van der Waals surface area contributed by atoms with E-state index in [1.165, 1.54) is 24.3 Å². The monoisotopic (exact) mass is 395 g/mol. The molecule has 5 N–H and O–H groups in total. The molecule has 0 aliphatic heterocycles. The van der Waals surface area contributed by atoms with Crippen molar-refractivity contribution in [3.63, 3.8) is 0 Å². The van der Waals surface area contributed by atoms with Gasteiger partial charge in [-0.3, -0.25) is 4.79 Å². The Morgan fingerprint density at radius 1 is 1.33 bits per heavy atom. The third kappa shape index (κ3) is 4.94. The molecule has 0 unspecified atom stereocenters. The van der Waals surface area contributed by atoms with Gasteiger partial charge in [0.05, 0.1) is 11.0 Å². The Kier molecular flexibility index (Phi) is 6.04. The number of primary sulfonamides is 1. The molecular formula is C17H21N3O6S. The van der Waals surface area contributed by atoms with E-state index in [0.717, 1.165) is 0 Å². The van der Waals surface area contributed by atoms with Crippen LogP contribution in [0.2, 0.25) is 0 Å². The van der Waals surface area contributed by atoms with Crippen LogP contribution in [-0.2, 0) is 19.6 Å². The van der Waals surface area contributed by atoms with Crippen LogP contribution in [0.5, 0.6) is 0 Å². The number of nitrogens with one attached hydrogen (secondary N) is 2. The molecule has 0 spiro atoms. The number of hydrogen-bond acceptors (Lipinski definition) is 6. The van der Waals surface area contributed by atoms with Gasteiger partial charge in [0.15, 0.2) is 6.61 Å². The average molecular weight is 395 g/mol. The zero-order valence-corrected chi connectivity index (χ0v) is 15.9. The smallest absolute Gasteiger partial charge is 0.355 e. The lowest BCUT2D eigenvalue weighted by Gasteiger charge is -2.08. The SMILES string of the molecule is Cc1[nH]c(C(=O)OCC(=O)Nc2cccc(S(N)(=O)=O)c2)c(C)c1[C@H](C)O. The fourth-order valence-electron chi connectivity index (χ4n) is 2.75. The molecule has 1 aromatic carbocycles. The van der Waals surface area contributed by atoms with Crippen LogP contribution in [0.1, 0.15) is 40.3 Å². The first-order valence-corrected chi connectivity index (χ1v) is 9.52. The standard InChI is InChI=1S/C17H21N3O6S/c1-9-15(11(3)21)10(2)19-16(9)17(23)26-8-14(22)20-12-5-4-6-13(7-12)27(18,24)25/h4-7,11,19,21H,8H2,1-3H3,(H,20,22)(H2,18,24,25)/t11-/m0/s1. The number of aliphatic hydroxyl groups is 1. The predicted octanol–water partition coefficient (Wildman–Crippen LogP) is 1.13. The van der Waals surface area contributed by atoms with Crippen molar-refractivity contribution in [2.75, 3.05) is 11.9 Å². The van der Waals surface area contributed by atoms with Crippen molar-refractivity contribution < 1.29 is 27.9 Å². The first-order chi connectivity index (χ1) is 12.5. The highest BCUT2D eigenvalue weighted by molar-refractivity contribution is 7.89. The van der Waals surface area contributed by atoms with Gasteiger partial charge in [0.25, 0.3) is 5.91 Å². The molecule has 1 aromatic heterocycles. The minimum Gasteiger partial charge on any atom is -0.451 e. The van der Waals surface area contributed by atoms with E-state index in [0.29, 0.717) is 16.8 Å². The summed E-state index contributed by atoms with van der Waals surface area (Å²) in [4.78, 5) is 26.8. The van der Waals surface area contributed by atoms with Crippen LogP contribution in [0.4, 0.5) is 5.69 Å². The predicted molar refractivity (Wildman–Crippen MR) is 97.6 cm³/mol. The van der Waals surface area contributed by atoms with E-state index in [-0.39, 0.29) is 16.3 Å². The molecule has 1 heterocycles. The second-order valence-corrected chi connectivity index (χ2v) is 7.60. The van der Waals surface area contributed by atoms with E-state index in [4.69, 9.17) is 9.88 Å². The third-order valence-electron chi connectivity index (χ3n) is 3.90. The van der Waals surface area contributed by atoms with E-state index >= 15 is 0 Å². The fourth-order valence-corrected chi connectivity index (χ4v) is 3.31. The first-order valence-electron chi connectivity index (χ1n) is 7.97. The number of benzene rings is 1. The number of aromatic nitrogens is 1. The van der Waals surface area contributed by atoms with Gasteiger partial charge in [-0.1, -0.05) is 6.07 Å². The molecule has 10 heteroatoms. The molecular weight excluding hydrogens is 374 g/mol. The summed E-state index contributed by atoms with van der Waals surface area (Å²) >= 11 is 0. The number of aryl methyl sites for hydroxylation is 1. The summed E-state index contributed by atoms with van der Waals surface area (Å²) < 4.78 is 27.6. The second-order valence-electron chi connectivity index (χ2n) is 6.04. The minimum absolute atomic E-state index is 0.152. The van der Waals surface area contributed by atoms with Crippen LogP contribution < -0.4 is 10.5 Å². The second kappa shape index (κ2) is 7.91. The number of hydrogen-bond donors (Lipinski definition) is 4. The highest BCUT2D eigenvalue weighted by atomic mass is 32.2. The molecule has 1 atom stereocenters. The summed E-state index contributed by atoms with van der Waals surface area (Å²) in [5.41, 5.74) is 2.15. The van der Waals surface area contributed by atoms with E-state index in [1.807, 2.05) is 0 Å². The Morgan fingerprint density at radius 3 is 2.56 bits per heavy atom. The molecule has 0 radical (unpaired) electrons. The quantitative estimate of drug-likeness (QED) is 0.538. The Bertz CT molecular complexity index is 979. The van der Waals surface area contributed by atoms with E-state index < -0.39 is 34.6 Å². The van der Waals surface area contributed by atoms with Gasteiger partial charge < -0.3 is 20.1 Å². The lowest BCUT2D eigenvalue weighted by Crippen LogP contribution is -2.21. The summed E-state index contributed by atoms with van der Waals surface area (Å²) in [6, 6.07) is 5.38. The summed E-state index contributed by atoms with van der Waals surface area (Å²) in [7, 11) is -3.90. The van der Waals surface area contributed by atoms with Gasteiger partial charge in [0, 0.05) is 16.9 Å². The largest absolute Gasteiger partial charge is 0.451 e. The van der Waals surface area contributed by atoms with Crippen LogP contribution in [0.15, 0.2) is 29.2 Å². The van der Waals surface area contributed by atoms with Gasteiger partial charge in [-0.15, -0.1) is 0 Å². The molecule has 0 aliphatic rings. The van der Waals surface area contributed by atoms with Crippen molar-refractivity contribution in [1.82, 2.24) is 4.98 Å². The van der Waals surface area contributed by atoms with E-state index in [2.05, 4.69) is 10.3 Å². The Balaban J connectivity index is 2.02. The molecule has 146 valence electrons. The minimum atomic E-state index is -3.90. The van der Waals surface area contributed by atoms with Crippen LogP contribution in [-0.4, -0.2) is 37.0 Å². The molecule has 2 rings (SSSR count). The molecule has 0 bridgehead atoms. The van der Waals surface area contributed by atoms with Crippen molar-refractivity contribution in [2.24, 2.45) is 5.14 Å². The molecule has 27 heavy (non-hydrogen) atoms. The molecule has 0 aliphatic carbocycles.